The van der Waals surface area contributed by atoms with E-state index in [4.69, 9.17) is 5.73 Å². The van der Waals surface area contributed by atoms with Crippen LogP contribution in [0.15, 0.2) is 6.20 Å². The molecule has 0 bridgehead atoms. The predicted molar refractivity (Wildman–Crippen MR) is 72.7 cm³/mol. The van der Waals surface area contributed by atoms with E-state index >= 15 is 0 Å². The molecule has 3 rings (SSSR count). The van der Waals surface area contributed by atoms with Crippen molar-refractivity contribution in [3.63, 3.8) is 0 Å². The number of anilines is 1. The van der Waals surface area contributed by atoms with Gasteiger partial charge in [0.05, 0.1) is 5.69 Å². The predicted octanol–water partition coefficient (Wildman–Crippen LogP) is 0.359. The molecule has 2 saturated heterocycles. The summed E-state index contributed by atoms with van der Waals surface area (Å²) in [6.45, 7) is 2.26. The summed E-state index contributed by atoms with van der Waals surface area (Å²) < 4.78 is 1.58. The van der Waals surface area contributed by atoms with Gasteiger partial charge >= 0.3 is 0 Å². The average Bonchev–Trinajstić information content (AvgIpc) is 2.94. The SMILES string of the molecule is Cn1cc(N)c(C(=O)NC2CCN3CCCCC23)n1. The lowest BCUT2D eigenvalue weighted by molar-refractivity contribution is 0.0910. The van der Waals surface area contributed by atoms with Crippen LogP contribution in [0.1, 0.15) is 36.2 Å². The van der Waals surface area contributed by atoms with Gasteiger partial charge < -0.3 is 11.1 Å². The van der Waals surface area contributed by atoms with Gasteiger partial charge in [-0.3, -0.25) is 14.4 Å². The quantitative estimate of drug-likeness (QED) is 0.807. The lowest BCUT2D eigenvalue weighted by Crippen LogP contribution is -2.47. The second-order valence-electron chi connectivity index (χ2n) is 5.57. The smallest absolute Gasteiger partial charge is 0.274 e. The van der Waals surface area contributed by atoms with Gasteiger partial charge in [0.1, 0.15) is 0 Å². The fourth-order valence-corrected chi connectivity index (χ4v) is 3.34. The van der Waals surface area contributed by atoms with Gasteiger partial charge in [-0.25, -0.2) is 0 Å². The zero-order chi connectivity index (χ0) is 13.4. The number of carbonyl (C=O) groups excluding carboxylic acids is 1. The zero-order valence-electron chi connectivity index (χ0n) is 11.3. The molecule has 2 fully saturated rings. The third-order valence-corrected chi connectivity index (χ3v) is 4.24. The maximum Gasteiger partial charge on any atom is 0.274 e. The first-order valence-corrected chi connectivity index (χ1v) is 6.99. The molecule has 0 saturated carbocycles. The summed E-state index contributed by atoms with van der Waals surface area (Å²) in [5, 5.41) is 7.23. The van der Waals surface area contributed by atoms with Crippen molar-refractivity contribution in [2.45, 2.75) is 37.8 Å². The summed E-state index contributed by atoms with van der Waals surface area (Å²) >= 11 is 0. The van der Waals surface area contributed by atoms with Crippen molar-refractivity contribution in [3.8, 4) is 0 Å². The maximum absolute atomic E-state index is 12.2. The molecule has 2 unspecified atom stereocenters. The van der Waals surface area contributed by atoms with Crippen molar-refractivity contribution in [3.05, 3.63) is 11.9 Å². The molecule has 6 heteroatoms. The summed E-state index contributed by atoms with van der Waals surface area (Å²) in [6.07, 6.45) is 6.42. The molecule has 3 N–H and O–H groups in total. The molecule has 104 valence electrons. The van der Waals surface area contributed by atoms with Crippen LogP contribution in [-0.2, 0) is 7.05 Å². The van der Waals surface area contributed by atoms with Crippen LogP contribution in [-0.4, -0.2) is 45.8 Å². The lowest BCUT2D eigenvalue weighted by Gasteiger charge is -2.32. The number of nitrogens with two attached hydrogens (primary N) is 1. The number of piperidine rings is 1. The van der Waals surface area contributed by atoms with Crippen molar-refractivity contribution in [2.75, 3.05) is 18.8 Å². The molecule has 3 heterocycles. The summed E-state index contributed by atoms with van der Waals surface area (Å²) in [4.78, 5) is 14.7. The van der Waals surface area contributed by atoms with Gasteiger partial charge in [-0.2, -0.15) is 5.10 Å². The number of rotatable bonds is 2. The maximum atomic E-state index is 12.2. The second-order valence-corrected chi connectivity index (χ2v) is 5.57. The first kappa shape index (κ1) is 12.5. The molecule has 1 aromatic heterocycles. The highest BCUT2D eigenvalue weighted by molar-refractivity contribution is 5.97. The first-order chi connectivity index (χ1) is 9.15. The van der Waals surface area contributed by atoms with Crippen molar-refractivity contribution in [1.29, 1.82) is 0 Å². The van der Waals surface area contributed by atoms with Gasteiger partial charge in [-0.05, 0) is 25.8 Å². The van der Waals surface area contributed by atoms with Gasteiger partial charge in [-0.1, -0.05) is 6.42 Å². The van der Waals surface area contributed by atoms with Crippen LogP contribution in [0.2, 0.25) is 0 Å². The van der Waals surface area contributed by atoms with Crippen LogP contribution in [0, 0.1) is 0 Å². The fraction of sp³-hybridized carbons (Fsp3) is 0.692. The highest BCUT2D eigenvalue weighted by Gasteiger charge is 2.36. The van der Waals surface area contributed by atoms with Crippen molar-refractivity contribution >= 4 is 11.6 Å². The summed E-state index contributed by atoms with van der Waals surface area (Å²) in [5.41, 5.74) is 6.58. The molecule has 0 aromatic carbocycles. The highest BCUT2D eigenvalue weighted by Crippen LogP contribution is 2.27. The van der Waals surface area contributed by atoms with Crippen molar-refractivity contribution in [2.24, 2.45) is 7.05 Å². The molecule has 0 radical (unpaired) electrons. The van der Waals surface area contributed by atoms with Gasteiger partial charge in [0.2, 0.25) is 0 Å². The molecular weight excluding hydrogens is 242 g/mol. The molecule has 0 spiro atoms. The normalized spacial score (nSPS) is 27.2. The molecular formula is C13H21N5O. The summed E-state index contributed by atoms with van der Waals surface area (Å²) in [5.74, 6) is -0.143. The molecule has 19 heavy (non-hydrogen) atoms. The highest BCUT2D eigenvalue weighted by atomic mass is 16.2. The Morgan fingerprint density at radius 2 is 2.26 bits per heavy atom. The Morgan fingerprint density at radius 3 is 3.00 bits per heavy atom. The van der Waals surface area contributed by atoms with Crippen LogP contribution in [0.25, 0.3) is 0 Å². The number of hydrogen-bond donors (Lipinski definition) is 2. The molecule has 2 atom stereocenters. The van der Waals surface area contributed by atoms with Gasteiger partial charge in [-0.15, -0.1) is 0 Å². The van der Waals surface area contributed by atoms with Crippen LogP contribution < -0.4 is 11.1 Å². The van der Waals surface area contributed by atoms with E-state index in [1.807, 2.05) is 0 Å². The van der Waals surface area contributed by atoms with Gasteiger partial charge in [0.25, 0.3) is 5.91 Å². The number of nitrogens with zero attached hydrogens (tertiary/aromatic N) is 3. The summed E-state index contributed by atoms with van der Waals surface area (Å²) in [6, 6.07) is 0.747. The number of aromatic nitrogens is 2. The third-order valence-electron chi connectivity index (χ3n) is 4.24. The van der Waals surface area contributed by atoms with E-state index in [-0.39, 0.29) is 11.9 Å². The Bertz CT molecular complexity index is 483. The number of hydrogen-bond acceptors (Lipinski definition) is 4. The zero-order valence-corrected chi connectivity index (χ0v) is 11.3. The number of nitrogen functional groups attached to an aromatic ring is 1. The van der Waals surface area contributed by atoms with E-state index in [2.05, 4.69) is 15.3 Å². The average molecular weight is 263 g/mol. The fourth-order valence-electron chi connectivity index (χ4n) is 3.34. The standard InChI is InChI=1S/C13H21N5O/c1-17-8-9(14)12(16-17)13(19)15-10-5-7-18-6-3-2-4-11(10)18/h8,10-11H,2-7,14H2,1H3,(H,15,19). The van der Waals surface area contributed by atoms with Crippen LogP contribution in [0.4, 0.5) is 5.69 Å². The summed E-state index contributed by atoms with van der Waals surface area (Å²) in [7, 11) is 1.77. The number of carbonyl (C=O) groups is 1. The van der Waals surface area contributed by atoms with E-state index < -0.39 is 0 Å². The van der Waals surface area contributed by atoms with Crippen molar-refractivity contribution < 1.29 is 4.79 Å². The first-order valence-electron chi connectivity index (χ1n) is 6.99. The Balaban J connectivity index is 1.68. The molecule has 6 nitrogen and oxygen atoms in total. The molecule has 2 aliphatic rings. The minimum Gasteiger partial charge on any atom is -0.396 e. The molecule has 2 aliphatic heterocycles. The van der Waals surface area contributed by atoms with Gasteiger partial charge in [0.15, 0.2) is 5.69 Å². The van der Waals surface area contributed by atoms with Crippen LogP contribution >= 0.6 is 0 Å². The van der Waals surface area contributed by atoms with E-state index in [0.717, 1.165) is 13.0 Å². The number of aryl methyl sites for hydroxylation is 1. The third kappa shape index (κ3) is 2.32. The number of amides is 1. The minimum atomic E-state index is -0.143. The molecule has 1 amide bonds. The van der Waals surface area contributed by atoms with E-state index in [0.29, 0.717) is 17.4 Å². The molecule has 1 aromatic rings. The lowest BCUT2D eigenvalue weighted by atomic mass is 9.99. The molecule has 0 aliphatic carbocycles. The number of nitrogens with one attached hydrogen (secondary N) is 1. The van der Waals surface area contributed by atoms with Crippen LogP contribution in [0.5, 0.6) is 0 Å². The van der Waals surface area contributed by atoms with Crippen LogP contribution in [0.3, 0.4) is 0 Å². The Labute approximate surface area is 112 Å². The minimum absolute atomic E-state index is 0.143. The Morgan fingerprint density at radius 1 is 1.42 bits per heavy atom. The second kappa shape index (κ2) is 4.85. The van der Waals surface area contributed by atoms with E-state index in [1.54, 1.807) is 17.9 Å². The topological polar surface area (TPSA) is 76.2 Å². The largest absolute Gasteiger partial charge is 0.396 e. The monoisotopic (exact) mass is 263 g/mol. The Kier molecular flexibility index (Phi) is 3.18. The number of fused-ring (bicyclic) bond motifs is 1. The Hall–Kier alpha value is -1.56. The van der Waals surface area contributed by atoms with Gasteiger partial charge in [0, 0.05) is 31.9 Å². The van der Waals surface area contributed by atoms with E-state index in [9.17, 15) is 4.79 Å². The van der Waals surface area contributed by atoms with Crippen molar-refractivity contribution in [1.82, 2.24) is 20.0 Å². The van der Waals surface area contributed by atoms with E-state index in [1.165, 1.54) is 25.8 Å².